The van der Waals surface area contributed by atoms with Gasteiger partial charge < -0.3 is 20.8 Å². The summed E-state index contributed by atoms with van der Waals surface area (Å²) in [6, 6.07) is 0. The predicted octanol–water partition coefficient (Wildman–Crippen LogP) is 0.843. The summed E-state index contributed by atoms with van der Waals surface area (Å²) in [6.07, 6.45) is 2.25. The van der Waals surface area contributed by atoms with E-state index >= 15 is 0 Å². The normalized spacial score (nSPS) is 7.74. The fourth-order valence-corrected chi connectivity index (χ4v) is 0.363. The Kier molecular flexibility index (Phi) is 16.4. The summed E-state index contributed by atoms with van der Waals surface area (Å²) in [4.78, 5) is 40.1. The Morgan fingerprint density at radius 3 is 1.17 bits per heavy atom. The second kappa shape index (κ2) is 15.2. The molecule has 0 unspecified atom stereocenters. The van der Waals surface area contributed by atoms with Gasteiger partial charge in [-0.3, -0.25) is 9.59 Å². The van der Waals surface area contributed by atoms with Crippen LogP contribution in [0.15, 0.2) is 49.6 Å². The molecule has 0 radical (unpaired) electrons. The molecule has 2 amide bonds. The fourth-order valence-electron chi connectivity index (χ4n) is 0.363. The topological polar surface area (TPSA) is 133 Å². The first-order valence-corrected chi connectivity index (χ1v) is 6.07. The van der Waals surface area contributed by atoms with E-state index in [1.54, 1.807) is 0 Å². The summed E-state index contributed by atoms with van der Waals surface area (Å²) >= 11 is 0. The van der Waals surface area contributed by atoms with Crippen molar-refractivity contribution in [2.24, 2.45) is 0 Å². The largest absolute Gasteiger partial charge is 0.478 e. The molecule has 0 spiro atoms. The van der Waals surface area contributed by atoms with Crippen LogP contribution < -0.4 is 10.6 Å². The molecule has 0 saturated carbocycles. The molecule has 0 aromatic carbocycles. The minimum absolute atomic E-state index is 0.0930. The van der Waals surface area contributed by atoms with Crippen molar-refractivity contribution in [1.29, 1.82) is 0 Å². The Bertz CT molecular complexity index is 426. The molecule has 128 valence electrons. The van der Waals surface area contributed by atoms with Crippen molar-refractivity contribution in [3.05, 3.63) is 49.6 Å². The van der Waals surface area contributed by atoms with E-state index < -0.39 is 11.9 Å². The third kappa shape index (κ3) is 24.3. The summed E-state index contributed by atoms with van der Waals surface area (Å²) in [5, 5.41) is 20.5. The summed E-state index contributed by atoms with van der Waals surface area (Å²) in [5.74, 6) is -2.52. The van der Waals surface area contributed by atoms with Crippen LogP contribution in [0.25, 0.3) is 0 Å². The van der Waals surface area contributed by atoms with E-state index in [2.05, 4.69) is 36.9 Å². The van der Waals surface area contributed by atoms with Gasteiger partial charge in [0.25, 0.3) is 0 Å². The lowest BCUT2D eigenvalue weighted by Gasteiger charge is -2.01. The van der Waals surface area contributed by atoms with E-state index in [1.807, 2.05) is 0 Å². The first-order valence-electron chi connectivity index (χ1n) is 6.07. The first-order chi connectivity index (χ1) is 10.5. The van der Waals surface area contributed by atoms with E-state index in [4.69, 9.17) is 10.2 Å². The van der Waals surface area contributed by atoms with Gasteiger partial charge in [0.2, 0.25) is 11.8 Å². The van der Waals surface area contributed by atoms with Crippen LogP contribution in [0.4, 0.5) is 0 Å². The molecule has 0 aliphatic rings. The van der Waals surface area contributed by atoms with Gasteiger partial charge in [-0.2, -0.15) is 0 Å². The lowest BCUT2D eigenvalue weighted by atomic mass is 10.4. The van der Waals surface area contributed by atoms with Crippen molar-refractivity contribution in [3.63, 3.8) is 0 Å². The van der Waals surface area contributed by atoms with Gasteiger partial charge in [-0.25, -0.2) is 9.59 Å². The second-order valence-electron chi connectivity index (χ2n) is 3.84. The van der Waals surface area contributed by atoms with Crippen LogP contribution in [0, 0.1) is 0 Å². The molecule has 0 fully saturated rings. The van der Waals surface area contributed by atoms with Crippen LogP contribution in [-0.2, 0) is 19.2 Å². The van der Waals surface area contributed by atoms with E-state index in [1.165, 1.54) is 13.8 Å². The average Bonchev–Trinajstić information content (AvgIpc) is 2.47. The SMILES string of the molecule is C=C(C)C(=O)O.C=C(C)C(=O)O.C=CC(=O)NCNC(=O)C=C. The molecule has 0 rings (SSSR count). The Labute approximate surface area is 134 Å². The number of amides is 2. The molecule has 0 atom stereocenters. The van der Waals surface area contributed by atoms with Gasteiger partial charge in [-0.05, 0) is 26.0 Å². The van der Waals surface area contributed by atoms with Gasteiger partial charge in [-0.15, -0.1) is 0 Å². The number of carboxylic acid groups (broad SMARTS) is 2. The smallest absolute Gasteiger partial charge is 0.330 e. The molecule has 0 aliphatic heterocycles. The third-order valence-corrected chi connectivity index (χ3v) is 1.63. The molecule has 23 heavy (non-hydrogen) atoms. The molecule has 0 saturated heterocycles. The molecule has 0 aromatic heterocycles. The van der Waals surface area contributed by atoms with Crippen LogP contribution >= 0.6 is 0 Å². The molecule has 0 aromatic rings. The van der Waals surface area contributed by atoms with Gasteiger partial charge in [-0.1, -0.05) is 26.3 Å². The van der Waals surface area contributed by atoms with Crippen molar-refractivity contribution >= 4 is 23.8 Å². The van der Waals surface area contributed by atoms with Crippen LogP contribution in [0.1, 0.15) is 13.8 Å². The van der Waals surface area contributed by atoms with Crippen LogP contribution in [0.2, 0.25) is 0 Å². The van der Waals surface area contributed by atoms with Gasteiger partial charge >= 0.3 is 11.9 Å². The summed E-state index contributed by atoms with van der Waals surface area (Å²) in [6.45, 7) is 15.8. The molecule has 8 nitrogen and oxygen atoms in total. The number of rotatable bonds is 6. The van der Waals surface area contributed by atoms with Crippen LogP contribution in [-0.4, -0.2) is 40.6 Å². The highest BCUT2D eigenvalue weighted by Gasteiger charge is 1.93. The maximum absolute atomic E-state index is 10.5. The Hall–Kier alpha value is -3.16. The van der Waals surface area contributed by atoms with Gasteiger partial charge in [0.05, 0.1) is 6.67 Å². The van der Waals surface area contributed by atoms with E-state index in [0.717, 1.165) is 12.2 Å². The quantitative estimate of drug-likeness (QED) is 0.422. The van der Waals surface area contributed by atoms with Crippen LogP contribution in [0.3, 0.4) is 0 Å². The second-order valence-corrected chi connectivity index (χ2v) is 3.84. The lowest BCUT2D eigenvalue weighted by molar-refractivity contribution is -0.133. The number of hydrogen-bond donors (Lipinski definition) is 4. The molecule has 8 heteroatoms. The number of carboxylic acids is 2. The maximum Gasteiger partial charge on any atom is 0.330 e. The standard InChI is InChI=1S/C7H10N2O2.2C4H6O2/c1-3-6(10)8-5-9-7(11)4-2;2*1-3(2)4(5)6/h3-4H,1-2,5H2,(H,8,10)(H,9,11);2*1H2,2H3,(H,5,6). The van der Waals surface area contributed by atoms with Crippen molar-refractivity contribution in [3.8, 4) is 0 Å². The van der Waals surface area contributed by atoms with Gasteiger partial charge in [0.15, 0.2) is 0 Å². The third-order valence-electron chi connectivity index (χ3n) is 1.63. The first kappa shape index (κ1) is 24.8. The number of aliphatic carboxylic acids is 2. The Morgan fingerprint density at radius 1 is 0.826 bits per heavy atom. The fraction of sp³-hybridized carbons (Fsp3) is 0.200. The average molecular weight is 326 g/mol. The minimum atomic E-state index is -0.935. The zero-order chi connectivity index (χ0) is 19.0. The number of nitrogens with one attached hydrogen (secondary N) is 2. The van der Waals surface area contributed by atoms with Crippen LogP contribution in [0.5, 0.6) is 0 Å². The zero-order valence-corrected chi connectivity index (χ0v) is 13.2. The van der Waals surface area contributed by atoms with E-state index in [-0.39, 0.29) is 29.6 Å². The molecule has 0 bridgehead atoms. The summed E-state index contributed by atoms with van der Waals surface area (Å²) < 4.78 is 0. The summed E-state index contributed by atoms with van der Waals surface area (Å²) in [7, 11) is 0. The Balaban J connectivity index is -0.000000284. The van der Waals surface area contributed by atoms with Gasteiger partial charge in [0, 0.05) is 11.1 Å². The zero-order valence-electron chi connectivity index (χ0n) is 13.2. The molecular formula is C15H22N2O6. The highest BCUT2D eigenvalue weighted by molar-refractivity contribution is 5.89. The van der Waals surface area contributed by atoms with E-state index in [9.17, 15) is 19.2 Å². The molecule has 0 aliphatic carbocycles. The Morgan fingerprint density at radius 2 is 1.04 bits per heavy atom. The molecule has 0 heterocycles. The highest BCUT2D eigenvalue weighted by Crippen LogP contribution is 1.81. The van der Waals surface area contributed by atoms with Crippen molar-refractivity contribution < 1.29 is 29.4 Å². The van der Waals surface area contributed by atoms with E-state index in [0.29, 0.717) is 0 Å². The predicted molar refractivity (Wildman–Crippen MR) is 86.4 cm³/mol. The molecule has 4 N–H and O–H groups in total. The highest BCUT2D eigenvalue weighted by atomic mass is 16.4. The van der Waals surface area contributed by atoms with Crippen molar-refractivity contribution in [1.82, 2.24) is 10.6 Å². The molecular weight excluding hydrogens is 304 g/mol. The van der Waals surface area contributed by atoms with Crippen molar-refractivity contribution in [2.75, 3.05) is 6.67 Å². The summed E-state index contributed by atoms with van der Waals surface area (Å²) in [5.41, 5.74) is 0.352. The monoisotopic (exact) mass is 326 g/mol. The number of carbonyl (C=O) groups is 4. The maximum atomic E-state index is 10.5. The van der Waals surface area contributed by atoms with Crippen molar-refractivity contribution in [2.45, 2.75) is 13.8 Å². The van der Waals surface area contributed by atoms with Gasteiger partial charge in [0.1, 0.15) is 0 Å². The lowest BCUT2D eigenvalue weighted by Crippen LogP contribution is -2.35. The minimum Gasteiger partial charge on any atom is -0.478 e. The number of hydrogen-bond acceptors (Lipinski definition) is 4. The number of carbonyl (C=O) groups excluding carboxylic acids is 2.